The molecule has 9 heteroatoms. The lowest BCUT2D eigenvalue weighted by molar-refractivity contribution is -0.117. The highest BCUT2D eigenvalue weighted by atomic mass is 32.2. The average molecular weight is 316 g/mol. The van der Waals surface area contributed by atoms with Gasteiger partial charge in [-0.1, -0.05) is 0 Å². The van der Waals surface area contributed by atoms with Gasteiger partial charge in [-0.3, -0.25) is 4.79 Å². The van der Waals surface area contributed by atoms with E-state index in [1.807, 2.05) is 0 Å². The van der Waals surface area contributed by atoms with Crippen LogP contribution in [0.15, 0.2) is 18.2 Å². The lowest BCUT2D eigenvalue weighted by Crippen LogP contribution is -2.32. The van der Waals surface area contributed by atoms with Gasteiger partial charge in [0.15, 0.2) is 0 Å². The molecule has 1 aromatic carbocycles. The van der Waals surface area contributed by atoms with Crippen LogP contribution in [0.2, 0.25) is 0 Å². The van der Waals surface area contributed by atoms with Gasteiger partial charge in [-0.2, -0.15) is 0 Å². The summed E-state index contributed by atoms with van der Waals surface area (Å²) in [4.78, 5) is 24.3. The van der Waals surface area contributed by atoms with E-state index in [1.54, 1.807) is 0 Å². The highest BCUT2D eigenvalue weighted by Crippen LogP contribution is 2.27. The van der Waals surface area contributed by atoms with E-state index >= 15 is 0 Å². The predicted molar refractivity (Wildman–Crippen MR) is 71.6 cm³/mol. The van der Waals surface area contributed by atoms with Crippen molar-refractivity contribution in [1.82, 2.24) is 0 Å². The van der Waals surface area contributed by atoms with Crippen molar-refractivity contribution in [2.75, 3.05) is 18.6 Å². The van der Waals surface area contributed by atoms with Gasteiger partial charge < -0.3 is 9.64 Å². The summed E-state index contributed by atoms with van der Waals surface area (Å²) in [7, 11) is -2.73. The van der Waals surface area contributed by atoms with Gasteiger partial charge in [-0.25, -0.2) is 22.7 Å². The number of halogens is 1. The summed E-state index contributed by atoms with van der Waals surface area (Å²) in [5, 5.41) is 3.91. The summed E-state index contributed by atoms with van der Waals surface area (Å²) in [5.74, 6) is -2.01. The maximum Gasteiger partial charge on any atom is 0.337 e. The van der Waals surface area contributed by atoms with Crippen LogP contribution < -0.4 is 10.0 Å². The molecule has 21 heavy (non-hydrogen) atoms. The summed E-state index contributed by atoms with van der Waals surface area (Å²) >= 11 is 0. The fraction of sp³-hybridized carbons (Fsp3) is 0.333. The third-order valence-electron chi connectivity index (χ3n) is 3.21. The minimum Gasteiger partial charge on any atom is -0.465 e. The fourth-order valence-electron chi connectivity index (χ4n) is 2.09. The molecule has 0 aliphatic carbocycles. The molecule has 1 unspecified atom stereocenters. The first kappa shape index (κ1) is 15.4. The Morgan fingerprint density at radius 2 is 2.14 bits per heavy atom. The molecule has 0 radical (unpaired) electrons. The molecule has 1 fully saturated rings. The Hall–Kier alpha value is -2.00. The molecule has 1 atom stereocenters. The number of benzene rings is 1. The highest BCUT2D eigenvalue weighted by Gasteiger charge is 2.38. The van der Waals surface area contributed by atoms with Crippen LogP contribution in [0.4, 0.5) is 10.1 Å². The molecule has 0 aromatic heterocycles. The van der Waals surface area contributed by atoms with Gasteiger partial charge in [-0.15, -0.1) is 0 Å². The van der Waals surface area contributed by atoms with Gasteiger partial charge in [-0.05, 0) is 18.2 Å². The molecule has 1 saturated heterocycles. The third kappa shape index (κ3) is 3.03. The second kappa shape index (κ2) is 5.41. The number of hydrogen-bond donors (Lipinski definition) is 1. The lowest BCUT2D eigenvalue weighted by atomic mass is 10.2. The molecule has 0 saturated carbocycles. The molecule has 1 heterocycles. The summed E-state index contributed by atoms with van der Waals surface area (Å²) in [6.45, 7) is -0.251. The molecule has 1 aliphatic heterocycles. The van der Waals surface area contributed by atoms with E-state index in [0.29, 0.717) is 0 Å². The Morgan fingerprint density at radius 3 is 2.67 bits per heavy atom. The first-order valence-electron chi connectivity index (χ1n) is 5.94. The monoisotopic (exact) mass is 316 g/mol. The Bertz CT molecular complexity index is 704. The quantitative estimate of drug-likeness (QED) is 0.790. The van der Waals surface area contributed by atoms with Gasteiger partial charge in [0.1, 0.15) is 11.1 Å². The second-order valence-corrected chi connectivity index (χ2v) is 6.42. The number of nitrogens with zero attached hydrogens (tertiary/aromatic N) is 1. The third-order valence-corrected chi connectivity index (χ3v) is 4.46. The number of anilines is 1. The van der Waals surface area contributed by atoms with E-state index in [1.165, 1.54) is 13.2 Å². The second-order valence-electron chi connectivity index (χ2n) is 4.58. The van der Waals surface area contributed by atoms with Crippen molar-refractivity contribution in [1.29, 1.82) is 0 Å². The number of primary sulfonamides is 1. The molecule has 0 spiro atoms. The first-order chi connectivity index (χ1) is 9.74. The van der Waals surface area contributed by atoms with Crippen molar-refractivity contribution in [3.63, 3.8) is 0 Å². The number of methoxy groups -OCH3 is 1. The number of carbonyl (C=O) groups excluding carboxylic acids is 2. The SMILES string of the molecule is COC(=O)c1ccc(F)c(N2CC(S(N)(=O)=O)CC2=O)c1. The minimum atomic E-state index is -3.90. The van der Waals surface area contributed by atoms with Crippen molar-refractivity contribution >= 4 is 27.6 Å². The summed E-state index contributed by atoms with van der Waals surface area (Å²) < 4.78 is 41.0. The van der Waals surface area contributed by atoms with Gasteiger partial charge in [0.25, 0.3) is 0 Å². The van der Waals surface area contributed by atoms with Crippen LogP contribution >= 0.6 is 0 Å². The van der Waals surface area contributed by atoms with Crippen LogP contribution in [0.1, 0.15) is 16.8 Å². The van der Waals surface area contributed by atoms with Gasteiger partial charge in [0.05, 0.1) is 18.4 Å². The topological polar surface area (TPSA) is 107 Å². The van der Waals surface area contributed by atoms with Crippen LogP contribution in [0, 0.1) is 5.82 Å². The lowest BCUT2D eigenvalue weighted by Gasteiger charge is -2.17. The molecule has 2 rings (SSSR count). The van der Waals surface area contributed by atoms with Crippen molar-refractivity contribution in [3.05, 3.63) is 29.6 Å². The smallest absolute Gasteiger partial charge is 0.337 e. The zero-order valence-electron chi connectivity index (χ0n) is 11.1. The van der Waals surface area contributed by atoms with Gasteiger partial charge in [0.2, 0.25) is 15.9 Å². The molecule has 1 aromatic rings. The molecule has 114 valence electrons. The normalized spacial score (nSPS) is 18.9. The van der Waals surface area contributed by atoms with Crippen LogP contribution in [0.25, 0.3) is 0 Å². The number of esters is 1. The van der Waals surface area contributed by atoms with E-state index in [9.17, 15) is 22.4 Å². The standard InChI is InChI=1S/C12H13FN2O5S/c1-20-12(17)7-2-3-9(13)10(4-7)15-6-8(5-11(15)16)21(14,18)19/h2-4,8H,5-6H2,1H3,(H2,14,18,19). The van der Waals surface area contributed by atoms with Crippen molar-refractivity contribution in [3.8, 4) is 0 Å². The molecule has 7 nitrogen and oxygen atoms in total. The molecule has 1 aliphatic rings. The van der Waals surface area contributed by atoms with E-state index in [4.69, 9.17) is 5.14 Å². The Labute approximate surface area is 120 Å². The number of ether oxygens (including phenoxy) is 1. The van der Waals surface area contributed by atoms with Crippen LogP contribution in [-0.4, -0.2) is 39.2 Å². The fourth-order valence-corrected chi connectivity index (χ4v) is 2.82. The number of sulfonamides is 1. The van der Waals surface area contributed by atoms with Crippen LogP contribution in [-0.2, 0) is 19.6 Å². The van der Waals surface area contributed by atoms with Gasteiger partial charge in [0, 0.05) is 13.0 Å². The Morgan fingerprint density at radius 1 is 1.48 bits per heavy atom. The van der Waals surface area contributed by atoms with E-state index in [-0.39, 0.29) is 24.2 Å². The maximum absolute atomic E-state index is 13.9. The number of rotatable bonds is 3. The van der Waals surface area contributed by atoms with E-state index in [2.05, 4.69) is 4.74 Å². The van der Waals surface area contributed by atoms with Gasteiger partial charge >= 0.3 is 5.97 Å². The Balaban J connectivity index is 2.38. The summed E-state index contributed by atoms with van der Waals surface area (Å²) in [6.07, 6.45) is -0.319. The number of amides is 1. The molecule has 2 N–H and O–H groups in total. The molecule has 1 amide bonds. The Kier molecular flexibility index (Phi) is 3.97. The zero-order chi connectivity index (χ0) is 15.8. The average Bonchev–Trinajstić information content (AvgIpc) is 2.80. The molecular formula is C12H13FN2O5S. The number of nitrogens with two attached hydrogens (primary N) is 1. The predicted octanol–water partition coefficient (Wildman–Crippen LogP) is 0.00610. The van der Waals surface area contributed by atoms with Crippen LogP contribution in [0.5, 0.6) is 0 Å². The van der Waals surface area contributed by atoms with Crippen molar-refractivity contribution < 1.29 is 27.1 Å². The highest BCUT2D eigenvalue weighted by molar-refractivity contribution is 7.89. The minimum absolute atomic E-state index is 0.0563. The largest absolute Gasteiger partial charge is 0.465 e. The van der Waals surface area contributed by atoms with Crippen molar-refractivity contribution in [2.45, 2.75) is 11.7 Å². The number of hydrogen-bond acceptors (Lipinski definition) is 5. The van der Waals surface area contributed by atoms with E-state index in [0.717, 1.165) is 17.0 Å². The summed E-state index contributed by atoms with van der Waals surface area (Å²) in [5.41, 5.74) is -0.116. The molecule has 0 bridgehead atoms. The summed E-state index contributed by atoms with van der Waals surface area (Å²) in [6, 6.07) is 3.37. The first-order valence-corrected chi connectivity index (χ1v) is 7.55. The van der Waals surface area contributed by atoms with Crippen molar-refractivity contribution in [2.24, 2.45) is 5.14 Å². The van der Waals surface area contributed by atoms with E-state index < -0.39 is 33.0 Å². The maximum atomic E-state index is 13.9. The number of carbonyl (C=O) groups is 2. The molecular weight excluding hydrogens is 303 g/mol. The van der Waals surface area contributed by atoms with Crippen LogP contribution in [0.3, 0.4) is 0 Å². The zero-order valence-corrected chi connectivity index (χ0v) is 11.9.